The lowest BCUT2D eigenvalue weighted by Crippen LogP contribution is -2.10. The molecule has 5 nitrogen and oxygen atoms in total. The van der Waals surface area contributed by atoms with Gasteiger partial charge in [0, 0.05) is 24.6 Å². The molecular formula is C17H15FN2O3S. The van der Waals surface area contributed by atoms with Crippen molar-refractivity contribution < 1.29 is 18.3 Å². The van der Waals surface area contributed by atoms with E-state index in [2.05, 4.69) is 10.3 Å². The van der Waals surface area contributed by atoms with Crippen LogP contribution in [0.2, 0.25) is 0 Å². The molecule has 2 heterocycles. The van der Waals surface area contributed by atoms with E-state index in [1.54, 1.807) is 37.6 Å². The maximum Gasteiger partial charge on any atom is 0.293 e. The first-order valence-corrected chi connectivity index (χ1v) is 8.04. The van der Waals surface area contributed by atoms with E-state index >= 15 is 0 Å². The maximum absolute atomic E-state index is 12.9. The molecule has 0 aliphatic carbocycles. The number of rotatable bonds is 6. The first-order chi connectivity index (χ1) is 11.6. The van der Waals surface area contributed by atoms with Crippen LogP contribution in [-0.4, -0.2) is 18.0 Å². The quantitative estimate of drug-likeness (QED) is 0.736. The molecule has 24 heavy (non-hydrogen) atoms. The number of carbonyl (C=O) groups excluding carboxylic acids is 1. The summed E-state index contributed by atoms with van der Waals surface area (Å²) >= 11 is 1.37. The number of nitrogens with one attached hydrogen (secondary N) is 1. The maximum atomic E-state index is 12.9. The van der Waals surface area contributed by atoms with E-state index in [1.807, 2.05) is 0 Å². The first-order valence-electron chi connectivity index (χ1n) is 7.22. The fourth-order valence-corrected chi connectivity index (χ4v) is 2.97. The van der Waals surface area contributed by atoms with Crippen molar-refractivity contribution in [2.45, 2.75) is 13.0 Å². The van der Waals surface area contributed by atoms with Gasteiger partial charge in [0.1, 0.15) is 18.2 Å². The zero-order valence-electron chi connectivity index (χ0n) is 12.9. The van der Waals surface area contributed by atoms with Gasteiger partial charge in [-0.25, -0.2) is 9.37 Å². The molecule has 124 valence electrons. The minimum absolute atomic E-state index is 0.206. The number of methoxy groups -OCH3 is 1. The average Bonchev–Trinajstić information content (AvgIpc) is 3.20. The van der Waals surface area contributed by atoms with Gasteiger partial charge in [-0.2, -0.15) is 0 Å². The zero-order chi connectivity index (χ0) is 16.9. The summed E-state index contributed by atoms with van der Waals surface area (Å²) in [6.07, 6.45) is 2.33. The van der Waals surface area contributed by atoms with Gasteiger partial charge in [0.15, 0.2) is 10.9 Å². The van der Waals surface area contributed by atoms with Crippen molar-refractivity contribution in [1.29, 1.82) is 0 Å². The summed E-state index contributed by atoms with van der Waals surface area (Å²) in [4.78, 5) is 17.3. The molecule has 1 aromatic carbocycles. The molecule has 0 saturated carbocycles. The van der Waals surface area contributed by atoms with Crippen molar-refractivity contribution in [1.82, 2.24) is 4.98 Å². The van der Waals surface area contributed by atoms with Crippen LogP contribution in [-0.2, 0) is 17.8 Å². The Kier molecular flexibility index (Phi) is 5.02. The lowest BCUT2D eigenvalue weighted by molar-refractivity contribution is 0.0987. The highest BCUT2D eigenvalue weighted by Gasteiger charge is 2.13. The molecule has 1 N–H and O–H groups in total. The summed E-state index contributed by atoms with van der Waals surface area (Å²) in [5.41, 5.74) is 0.980. The number of carbonyl (C=O) groups is 1. The Morgan fingerprint density at radius 1 is 1.29 bits per heavy atom. The van der Waals surface area contributed by atoms with Gasteiger partial charge in [-0.1, -0.05) is 12.1 Å². The third-order valence-electron chi connectivity index (χ3n) is 3.24. The number of hydrogen-bond donors (Lipinski definition) is 1. The molecule has 3 aromatic rings. The number of benzene rings is 1. The van der Waals surface area contributed by atoms with Crippen LogP contribution in [0.25, 0.3) is 0 Å². The van der Waals surface area contributed by atoms with Crippen molar-refractivity contribution in [2.75, 3.05) is 12.4 Å². The van der Waals surface area contributed by atoms with E-state index in [4.69, 9.17) is 9.15 Å². The molecule has 2 aromatic heterocycles. The topological polar surface area (TPSA) is 64.4 Å². The van der Waals surface area contributed by atoms with E-state index in [0.717, 1.165) is 10.4 Å². The summed E-state index contributed by atoms with van der Waals surface area (Å²) in [5.74, 6) is 0.165. The Morgan fingerprint density at radius 2 is 2.08 bits per heavy atom. The van der Waals surface area contributed by atoms with Gasteiger partial charge in [0.05, 0.1) is 0 Å². The molecule has 0 bridgehead atoms. The molecular weight excluding hydrogens is 331 g/mol. The third-order valence-corrected chi connectivity index (χ3v) is 4.15. The van der Waals surface area contributed by atoms with E-state index in [-0.39, 0.29) is 17.5 Å². The van der Waals surface area contributed by atoms with Crippen LogP contribution in [0.4, 0.5) is 9.52 Å². The number of halogens is 1. The molecule has 7 heteroatoms. The van der Waals surface area contributed by atoms with E-state index < -0.39 is 0 Å². The van der Waals surface area contributed by atoms with E-state index in [1.165, 1.54) is 23.5 Å². The van der Waals surface area contributed by atoms with Crippen LogP contribution in [0.1, 0.15) is 26.8 Å². The Bertz CT molecular complexity index is 826. The third kappa shape index (κ3) is 4.06. The summed E-state index contributed by atoms with van der Waals surface area (Å²) in [6.45, 7) is 0.312. The highest BCUT2D eigenvalue weighted by atomic mass is 32.1. The SMILES string of the molecule is COCc1ccc(C(=O)Nc2ncc(Cc3ccc(F)cc3)s2)o1. The van der Waals surface area contributed by atoms with Crippen molar-refractivity contribution in [3.05, 3.63) is 70.4 Å². The van der Waals surface area contributed by atoms with Gasteiger partial charge in [0.25, 0.3) is 5.91 Å². The minimum Gasteiger partial charge on any atom is -0.453 e. The Balaban J connectivity index is 1.62. The molecule has 0 aliphatic rings. The number of amides is 1. The summed E-state index contributed by atoms with van der Waals surface area (Å²) in [5, 5.41) is 3.19. The summed E-state index contributed by atoms with van der Waals surface area (Å²) in [7, 11) is 1.56. The van der Waals surface area contributed by atoms with Crippen molar-refractivity contribution in [3.8, 4) is 0 Å². The van der Waals surface area contributed by atoms with Crippen LogP contribution < -0.4 is 5.32 Å². The lowest BCUT2D eigenvalue weighted by Gasteiger charge is -1.99. The second-order valence-electron chi connectivity index (χ2n) is 5.09. The Labute approximate surface area is 142 Å². The van der Waals surface area contributed by atoms with Gasteiger partial charge in [0.2, 0.25) is 0 Å². The molecule has 1 amide bonds. The van der Waals surface area contributed by atoms with Gasteiger partial charge < -0.3 is 9.15 Å². The fourth-order valence-electron chi connectivity index (χ4n) is 2.13. The van der Waals surface area contributed by atoms with Crippen molar-refractivity contribution in [3.63, 3.8) is 0 Å². The second-order valence-corrected chi connectivity index (χ2v) is 6.20. The van der Waals surface area contributed by atoms with Crippen LogP contribution >= 0.6 is 11.3 Å². The van der Waals surface area contributed by atoms with Crippen LogP contribution in [0.15, 0.2) is 47.0 Å². The molecule has 0 atom stereocenters. The van der Waals surface area contributed by atoms with Crippen LogP contribution in [0, 0.1) is 5.82 Å². The van der Waals surface area contributed by atoms with Gasteiger partial charge in [-0.15, -0.1) is 11.3 Å². The zero-order valence-corrected chi connectivity index (χ0v) is 13.7. The number of aromatic nitrogens is 1. The number of hydrogen-bond acceptors (Lipinski definition) is 5. The van der Waals surface area contributed by atoms with Gasteiger partial charge in [-0.3, -0.25) is 10.1 Å². The normalized spacial score (nSPS) is 10.8. The number of thiazole rings is 1. The largest absolute Gasteiger partial charge is 0.453 e. The molecule has 0 radical (unpaired) electrons. The number of furan rings is 1. The molecule has 3 rings (SSSR count). The highest BCUT2D eigenvalue weighted by molar-refractivity contribution is 7.15. The monoisotopic (exact) mass is 346 g/mol. The van der Waals surface area contributed by atoms with Gasteiger partial charge >= 0.3 is 0 Å². The second kappa shape index (κ2) is 7.37. The molecule has 0 aliphatic heterocycles. The molecule has 0 spiro atoms. The smallest absolute Gasteiger partial charge is 0.293 e. The summed E-state index contributed by atoms with van der Waals surface area (Å²) < 4.78 is 23.2. The predicted molar refractivity (Wildman–Crippen MR) is 88.7 cm³/mol. The Morgan fingerprint density at radius 3 is 2.83 bits per heavy atom. The molecule has 0 saturated heterocycles. The molecule has 0 fully saturated rings. The number of nitrogens with zero attached hydrogens (tertiary/aromatic N) is 1. The highest BCUT2D eigenvalue weighted by Crippen LogP contribution is 2.22. The first kappa shape index (κ1) is 16.4. The van der Waals surface area contributed by atoms with Crippen molar-refractivity contribution in [2.24, 2.45) is 0 Å². The number of anilines is 1. The standard InChI is InChI=1S/C17H15FN2O3S/c1-22-10-13-6-7-15(23-13)16(21)20-17-19-9-14(24-17)8-11-2-4-12(18)5-3-11/h2-7,9H,8,10H2,1H3,(H,19,20,21). The lowest BCUT2D eigenvalue weighted by atomic mass is 10.1. The Hall–Kier alpha value is -2.51. The van der Waals surface area contributed by atoms with Crippen LogP contribution in [0.5, 0.6) is 0 Å². The minimum atomic E-state index is -0.361. The average molecular weight is 346 g/mol. The fraction of sp³-hybridized carbons (Fsp3) is 0.176. The predicted octanol–water partition coefficient (Wildman–Crippen LogP) is 3.86. The van der Waals surface area contributed by atoms with Gasteiger partial charge in [-0.05, 0) is 29.8 Å². The van der Waals surface area contributed by atoms with Crippen molar-refractivity contribution >= 4 is 22.4 Å². The van der Waals surface area contributed by atoms with Crippen LogP contribution in [0.3, 0.4) is 0 Å². The molecule has 0 unspecified atom stereocenters. The van der Waals surface area contributed by atoms with E-state index in [9.17, 15) is 9.18 Å². The number of ether oxygens (including phenoxy) is 1. The van der Waals surface area contributed by atoms with E-state index in [0.29, 0.717) is 23.9 Å². The summed E-state index contributed by atoms with van der Waals surface area (Å²) in [6, 6.07) is 9.60.